The first kappa shape index (κ1) is 17.0. The van der Waals surface area contributed by atoms with E-state index in [0.717, 1.165) is 18.7 Å². The van der Waals surface area contributed by atoms with Crippen LogP contribution in [0.5, 0.6) is 5.75 Å². The van der Waals surface area contributed by atoms with Crippen LogP contribution in [0, 0.1) is 0 Å². The van der Waals surface area contributed by atoms with Crippen LogP contribution in [0.1, 0.15) is 26.3 Å². The quantitative estimate of drug-likeness (QED) is 0.716. The van der Waals surface area contributed by atoms with Gasteiger partial charge in [-0.15, -0.1) is 0 Å². The summed E-state index contributed by atoms with van der Waals surface area (Å²) in [6.45, 7) is 7.66. The second kappa shape index (κ2) is 8.25. The summed E-state index contributed by atoms with van der Waals surface area (Å²) in [5.41, 5.74) is 1.01. The monoisotopic (exact) mass is 281 g/mol. The molecular weight excluding hydrogens is 254 g/mol. The third kappa shape index (κ3) is 7.48. The summed E-state index contributed by atoms with van der Waals surface area (Å²) >= 11 is 0. The Balaban J connectivity index is 2.18. The standard InChI is InChI=1S/C16H27NO3/c1-16(2,3)20-12-14(18)11-17-9-8-13-6-5-7-15(10-13)19-4/h5-7,10,14,17-18H,8-9,11-12H2,1-4H3. The molecule has 1 atom stereocenters. The molecule has 0 aromatic heterocycles. The van der Waals surface area contributed by atoms with Gasteiger partial charge in [-0.3, -0.25) is 0 Å². The van der Waals surface area contributed by atoms with Crippen molar-refractivity contribution in [1.29, 1.82) is 0 Å². The van der Waals surface area contributed by atoms with Crippen LogP contribution in [-0.2, 0) is 11.2 Å². The molecule has 0 saturated heterocycles. The van der Waals surface area contributed by atoms with Gasteiger partial charge in [0.15, 0.2) is 0 Å². The molecule has 114 valence electrons. The maximum atomic E-state index is 9.78. The molecule has 0 aliphatic rings. The van der Waals surface area contributed by atoms with Crippen LogP contribution in [0.25, 0.3) is 0 Å². The van der Waals surface area contributed by atoms with Crippen LogP contribution in [0.15, 0.2) is 24.3 Å². The van der Waals surface area contributed by atoms with Crippen molar-refractivity contribution >= 4 is 0 Å². The molecule has 0 aliphatic heterocycles. The van der Waals surface area contributed by atoms with Crippen LogP contribution in [0.2, 0.25) is 0 Å². The molecule has 0 fully saturated rings. The number of aliphatic hydroxyl groups excluding tert-OH is 1. The van der Waals surface area contributed by atoms with E-state index in [1.54, 1.807) is 7.11 Å². The number of hydrogen-bond acceptors (Lipinski definition) is 4. The third-order valence-electron chi connectivity index (χ3n) is 2.81. The number of aliphatic hydroxyl groups is 1. The predicted octanol–water partition coefficient (Wildman–Crippen LogP) is 2.00. The molecule has 0 spiro atoms. The summed E-state index contributed by atoms with van der Waals surface area (Å²) in [6.07, 6.45) is 0.434. The van der Waals surface area contributed by atoms with Gasteiger partial charge in [0.1, 0.15) is 5.75 Å². The van der Waals surface area contributed by atoms with Crippen LogP contribution in [-0.4, -0.2) is 43.6 Å². The Hall–Kier alpha value is -1.10. The lowest BCUT2D eigenvalue weighted by Gasteiger charge is -2.22. The smallest absolute Gasteiger partial charge is 0.119 e. The van der Waals surface area contributed by atoms with E-state index in [9.17, 15) is 5.11 Å². The molecule has 1 aromatic rings. The van der Waals surface area contributed by atoms with Gasteiger partial charge in [-0.05, 0) is 51.4 Å². The molecule has 1 aromatic carbocycles. The van der Waals surface area contributed by atoms with Crippen molar-refractivity contribution in [2.75, 3.05) is 26.8 Å². The Morgan fingerprint density at radius 3 is 2.70 bits per heavy atom. The van der Waals surface area contributed by atoms with Gasteiger partial charge < -0.3 is 19.9 Å². The molecule has 0 saturated carbocycles. The SMILES string of the molecule is COc1cccc(CCNCC(O)COC(C)(C)C)c1. The van der Waals surface area contributed by atoms with Crippen molar-refractivity contribution in [3.63, 3.8) is 0 Å². The molecular formula is C16H27NO3. The first-order valence-electron chi connectivity index (χ1n) is 7.06. The molecule has 0 heterocycles. The van der Waals surface area contributed by atoms with Gasteiger partial charge >= 0.3 is 0 Å². The zero-order chi connectivity index (χ0) is 15.0. The number of rotatable bonds is 8. The summed E-state index contributed by atoms with van der Waals surface area (Å²) in [7, 11) is 1.67. The Morgan fingerprint density at radius 2 is 2.05 bits per heavy atom. The van der Waals surface area contributed by atoms with Crippen LogP contribution < -0.4 is 10.1 Å². The highest BCUT2D eigenvalue weighted by molar-refractivity contribution is 5.28. The first-order chi connectivity index (χ1) is 9.40. The number of nitrogens with one attached hydrogen (secondary N) is 1. The van der Waals surface area contributed by atoms with Crippen molar-refractivity contribution in [3.8, 4) is 5.75 Å². The summed E-state index contributed by atoms with van der Waals surface area (Å²) in [5.74, 6) is 0.876. The normalized spacial score (nSPS) is 13.2. The lowest BCUT2D eigenvalue weighted by molar-refractivity contribution is -0.0477. The number of benzene rings is 1. The maximum absolute atomic E-state index is 9.78. The van der Waals surface area contributed by atoms with Crippen molar-refractivity contribution in [2.24, 2.45) is 0 Å². The Labute approximate surface area is 122 Å². The Kier molecular flexibility index (Phi) is 6.99. The number of methoxy groups -OCH3 is 1. The van der Waals surface area contributed by atoms with Gasteiger partial charge in [0.05, 0.1) is 25.4 Å². The van der Waals surface area contributed by atoms with E-state index < -0.39 is 6.10 Å². The van der Waals surface area contributed by atoms with E-state index in [-0.39, 0.29) is 5.60 Å². The minimum Gasteiger partial charge on any atom is -0.497 e. The van der Waals surface area contributed by atoms with Crippen LogP contribution in [0.3, 0.4) is 0 Å². The van der Waals surface area contributed by atoms with Gasteiger partial charge in [-0.1, -0.05) is 12.1 Å². The van der Waals surface area contributed by atoms with Crippen molar-refractivity contribution < 1.29 is 14.6 Å². The lowest BCUT2D eigenvalue weighted by atomic mass is 10.1. The van der Waals surface area contributed by atoms with Gasteiger partial charge in [-0.2, -0.15) is 0 Å². The van der Waals surface area contributed by atoms with Crippen molar-refractivity contribution in [1.82, 2.24) is 5.32 Å². The molecule has 1 unspecified atom stereocenters. The number of ether oxygens (including phenoxy) is 2. The highest BCUT2D eigenvalue weighted by Gasteiger charge is 2.13. The Morgan fingerprint density at radius 1 is 1.30 bits per heavy atom. The highest BCUT2D eigenvalue weighted by atomic mass is 16.5. The van der Waals surface area contributed by atoms with Gasteiger partial charge in [0.2, 0.25) is 0 Å². The van der Waals surface area contributed by atoms with E-state index in [2.05, 4.69) is 11.4 Å². The number of hydrogen-bond donors (Lipinski definition) is 2. The van der Waals surface area contributed by atoms with Crippen LogP contribution >= 0.6 is 0 Å². The van der Waals surface area contributed by atoms with Crippen molar-refractivity contribution in [3.05, 3.63) is 29.8 Å². The largest absolute Gasteiger partial charge is 0.497 e. The Bertz CT molecular complexity index is 388. The fourth-order valence-corrected chi connectivity index (χ4v) is 1.73. The average molecular weight is 281 g/mol. The van der Waals surface area contributed by atoms with Gasteiger partial charge in [0, 0.05) is 6.54 Å². The molecule has 4 heteroatoms. The zero-order valence-corrected chi connectivity index (χ0v) is 13.0. The zero-order valence-electron chi connectivity index (χ0n) is 13.0. The maximum Gasteiger partial charge on any atom is 0.119 e. The van der Waals surface area contributed by atoms with E-state index in [0.29, 0.717) is 13.2 Å². The van der Waals surface area contributed by atoms with Gasteiger partial charge in [-0.25, -0.2) is 0 Å². The molecule has 0 amide bonds. The van der Waals surface area contributed by atoms with E-state index in [1.165, 1.54) is 5.56 Å². The molecule has 0 bridgehead atoms. The van der Waals surface area contributed by atoms with Gasteiger partial charge in [0.25, 0.3) is 0 Å². The summed E-state index contributed by atoms with van der Waals surface area (Å²) < 4.78 is 10.7. The molecule has 4 nitrogen and oxygen atoms in total. The lowest BCUT2D eigenvalue weighted by Crippen LogP contribution is -2.34. The average Bonchev–Trinajstić information content (AvgIpc) is 2.41. The molecule has 1 rings (SSSR count). The van der Waals surface area contributed by atoms with Crippen LogP contribution in [0.4, 0.5) is 0 Å². The first-order valence-corrected chi connectivity index (χ1v) is 7.06. The molecule has 2 N–H and O–H groups in total. The fraction of sp³-hybridized carbons (Fsp3) is 0.625. The second-order valence-electron chi connectivity index (χ2n) is 5.88. The summed E-state index contributed by atoms with van der Waals surface area (Å²) in [4.78, 5) is 0. The third-order valence-corrected chi connectivity index (χ3v) is 2.81. The molecule has 0 aliphatic carbocycles. The molecule has 0 radical (unpaired) electrons. The fourth-order valence-electron chi connectivity index (χ4n) is 1.73. The predicted molar refractivity (Wildman–Crippen MR) is 81.3 cm³/mol. The van der Waals surface area contributed by atoms with E-state index >= 15 is 0 Å². The summed E-state index contributed by atoms with van der Waals surface area (Å²) in [6, 6.07) is 8.02. The minimum atomic E-state index is -0.473. The topological polar surface area (TPSA) is 50.7 Å². The summed E-state index contributed by atoms with van der Waals surface area (Å²) in [5, 5.41) is 13.0. The van der Waals surface area contributed by atoms with E-state index in [1.807, 2.05) is 39.0 Å². The van der Waals surface area contributed by atoms with Crippen molar-refractivity contribution in [2.45, 2.75) is 38.9 Å². The minimum absolute atomic E-state index is 0.207. The molecule has 20 heavy (non-hydrogen) atoms. The second-order valence-corrected chi connectivity index (χ2v) is 5.88. The highest BCUT2D eigenvalue weighted by Crippen LogP contribution is 2.12. The van der Waals surface area contributed by atoms with E-state index in [4.69, 9.17) is 9.47 Å².